The van der Waals surface area contributed by atoms with Crippen LogP contribution in [0.1, 0.15) is 46.0 Å². The highest BCUT2D eigenvalue weighted by molar-refractivity contribution is 5.20. The van der Waals surface area contributed by atoms with Crippen molar-refractivity contribution in [3.8, 4) is 5.75 Å². The molecule has 2 rings (SSSR count). The van der Waals surface area contributed by atoms with E-state index in [1.807, 2.05) is 30.3 Å². The van der Waals surface area contributed by atoms with E-state index >= 15 is 0 Å². The molecule has 1 aromatic rings. The van der Waals surface area contributed by atoms with Crippen molar-refractivity contribution >= 4 is 0 Å². The zero-order valence-corrected chi connectivity index (χ0v) is 12.3. The van der Waals surface area contributed by atoms with E-state index in [1.165, 1.54) is 32.2 Å². The fourth-order valence-corrected chi connectivity index (χ4v) is 2.77. The number of rotatable bonds is 8. The Morgan fingerprint density at radius 2 is 1.95 bits per heavy atom. The summed E-state index contributed by atoms with van der Waals surface area (Å²) in [6, 6.07) is 10.7. The Morgan fingerprint density at radius 1 is 1.21 bits per heavy atom. The largest absolute Gasteiger partial charge is 0.494 e. The first-order valence-electron chi connectivity index (χ1n) is 7.61. The molecule has 0 aliphatic heterocycles. The van der Waals surface area contributed by atoms with Gasteiger partial charge in [-0.25, -0.2) is 0 Å². The van der Waals surface area contributed by atoms with Gasteiger partial charge >= 0.3 is 0 Å². The Morgan fingerprint density at radius 3 is 2.53 bits per heavy atom. The number of nitrogens with one attached hydrogen (secondary N) is 1. The van der Waals surface area contributed by atoms with Gasteiger partial charge in [0, 0.05) is 12.6 Å². The van der Waals surface area contributed by atoms with Crippen molar-refractivity contribution in [2.45, 2.75) is 52.0 Å². The number of ether oxygens (including phenoxy) is 1. The molecule has 0 atom stereocenters. The summed E-state index contributed by atoms with van der Waals surface area (Å²) in [6.45, 7) is 6.47. The highest BCUT2D eigenvalue weighted by atomic mass is 16.5. The first-order chi connectivity index (χ1) is 9.20. The molecule has 0 amide bonds. The monoisotopic (exact) mass is 261 g/mol. The molecule has 1 N–H and O–H groups in total. The van der Waals surface area contributed by atoms with Gasteiger partial charge in [-0.2, -0.15) is 0 Å². The van der Waals surface area contributed by atoms with E-state index in [4.69, 9.17) is 4.74 Å². The topological polar surface area (TPSA) is 21.3 Å². The minimum Gasteiger partial charge on any atom is -0.494 e. The predicted molar refractivity (Wildman–Crippen MR) is 80.6 cm³/mol. The van der Waals surface area contributed by atoms with Crippen LogP contribution in [0, 0.1) is 5.41 Å². The van der Waals surface area contributed by atoms with Crippen LogP contribution >= 0.6 is 0 Å². The molecule has 1 fully saturated rings. The normalized spacial score (nSPS) is 17.2. The van der Waals surface area contributed by atoms with Gasteiger partial charge in [0.2, 0.25) is 0 Å². The van der Waals surface area contributed by atoms with Crippen LogP contribution in [0.4, 0.5) is 0 Å². The lowest BCUT2D eigenvalue weighted by atomic mass is 9.66. The third-order valence-corrected chi connectivity index (χ3v) is 4.16. The molecule has 1 saturated carbocycles. The Hall–Kier alpha value is -1.02. The summed E-state index contributed by atoms with van der Waals surface area (Å²) < 4.78 is 5.78. The van der Waals surface area contributed by atoms with E-state index in [9.17, 15) is 0 Å². The van der Waals surface area contributed by atoms with Crippen LogP contribution in [-0.2, 0) is 0 Å². The van der Waals surface area contributed by atoms with Crippen LogP contribution in [0.25, 0.3) is 0 Å². The van der Waals surface area contributed by atoms with Gasteiger partial charge in [0.25, 0.3) is 0 Å². The molecule has 0 aromatic heterocycles. The number of benzene rings is 1. The smallest absolute Gasteiger partial charge is 0.119 e. The van der Waals surface area contributed by atoms with Crippen molar-refractivity contribution in [2.24, 2.45) is 5.41 Å². The van der Waals surface area contributed by atoms with Gasteiger partial charge in [-0.1, -0.05) is 38.5 Å². The molecule has 0 saturated heterocycles. The molecule has 0 spiro atoms. The van der Waals surface area contributed by atoms with Crippen LogP contribution in [0.15, 0.2) is 30.3 Å². The van der Waals surface area contributed by atoms with E-state index < -0.39 is 0 Å². The summed E-state index contributed by atoms with van der Waals surface area (Å²) >= 11 is 0. The van der Waals surface area contributed by atoms with Crippen molar-refractivity contribution in [2.75, 3.05) is 13.2 Å². The maximum Gasteiger partial charge on any atom is 0.119 e. The SMILES string of the molecule is CC(C)NCC1(CCCOc2ccccc2)CCC1. The number of hydrogen-bond acceptors (Lipinski definition) is 2. The quantitative estimate of drug-likeness (QED) is 0.714. The third kappa shape index (κ3) is 4.54. The lowest BCUT2D eigenvalue weighted by Crippen LogP contribution is -2.42. The number of hydrogen-bond donors (Lipinski definition) is 1. The highest BCUT2D eigenvalue weighted by Gasteiger charge is 2.35. The maximum absolute atomic E-state index is 5.78. The fraction of sp³-hybridized carbons (Fsp3) is 0.647. The summed E-state index contributed by atoms with van der Waals surface area (Å²) in [7, 11) is 0. The van der Waals surface area contributed by atoms with Gasteiger partial charge < -0.3 is 10.1 Å². The summed E-state index contributed by atoms with van der Waals surface area (Å²) in [5, 5.41) is 3.61. The molecule has 1 aromatic carbocycles. The molecule has 106 valence electrons. The van der Waals surface area contributed by atoms with Crippen LogP contribution in [-0.4, -0.2) is 19.2 Å². The third-order valence-electron chi connectivity index (χ3n) is 4.16. The average Bonchev–Trinajstić information content (AvgIpc) is 2.37. The second kappa shape index (κ2) is 6.95. The highest BCUT2D eigenvalue weighted by Crippen LogP contribution is 2.44. The molecule has 0 bridgehead atoms. The molecule has 19 heavy (non-hydrogen) atoms. The lowest BCUT2D eigenvalue weighted by Gasteiger charge is -2.43. The van der Waals surface area contributed by atoms with Crippen molar-refractivity contribution in [1.29, 1.82) is 0 Å². The Balaban J connectivity index is 1.66. The molecule has 0 heterocycles. The second-order valence-electron chi connectivity index (χ2n) is 6.15. The summed E-state index contributed by atoms with van der Waals surface area (Å²) in [4.78, 5) is 0. The van der Waals surface area contributed by atoms with Crippen LogP contribution in [0.2, 0.25) is 0 Å². The predicted octanol–water partition coefficient (Wildman–Crippen LogP) is 4.01. The zero-order chi connectivity index (χ0) is 13.6. The van der Waals surface area contributed by atoms with Gasteiger partial charge in [-0.05, 0) is 43.2 Å². The zero-order valence-electron chi connectivity index (χ0n) is 12.3. The molecule has 0 unspecified atom stereocenters. The van der Waals surface area contributed by atoms with E-state index in [0.717, 1.165) is 18.8 Å². The molecule has 1 aliphatic carbocycles. The first kappa shape index (κ1) is 14.4. The van der Waals surface area contributed by atoms with Crippen molar-refractivity contribution in [1.82, 2.24) is 5.32 Å². The van der Waals surface area contributed by atoms with E-state index in [0.29, 0.717) is 11.5 Å². The van der Waals surface area contributed by atoms with E-state index in [2.05, 4.69) is 19.2 Å². The van der Waals surface area contributed by atoms with Gasteiger partial charge in [0.1, 0.15) is 5.75 Å². The minimum atomic E-state index is 0.560. The molecule has 2 heteroatoms. The van der Waals surface area contributed by atoms with Crippen LogP contribution in [0.3, 0.4) is 0 Å². The molecule has 2 nitrogen and oxygen atoms in total. The van der Waals surface area contributed by atoms with Gasteiger partial charge in [-0.3, -0.25) is 0 Å². The van der Waals surface area contributed by atoms with Gasteiger partial charge in [0.15, 0.2) is 0 Å². The van der Waals surface area contributed by atoms with Crippen molar-refractivity contribution in [3.05, 3.63) is 30.3 Å². The molecule has 0 radical (unpaired) electrons. The van der Waals surface area contributed by atoms with Crippen molar-refractivity contribution in [3.63, 3.8) is 0 Å². The van der Waals surface area contributed by atoms with Crippen LogP contribution in [0.5, 0.6) is 5.75 Å². The van der Waals surface area contributed by atoms with Gasteiger partial charge in [0.05, 0.1) is 6.61 Å². The molecular formula is C17H27NO. The van der Waals surface area contributed by atoms with Crippen LogP contribution < -0.4 is 10.1 Å². The maximum atomic E-state index is 5.78. The lowest BCUT2D eigenvalue weighted by molar-refractivity contribution is 0.103. The summed E-state index contributed by atoms with van der Waals surface area (Å²) in [5.74, 6) is 0.991. The molecular weight excluding hydrogens is 234 g/mol. The van der Waals surface area contributed by atoms with E-state index in [1.54, 1.807) is 0 Å². The first-order valence-corrected chi connectivity index (χ1v) is 7.61. The van der Waals surface area contributed by atoms with Crippen molar-refractivity contribution < 1.29 is 4.74 Å². The van der Waals surface area contributed by atoms with Gasteiger partial charge in [-0.15, -0.1) is 0 Å². The van der Waals surface area contributed by atoms with E-state index in [-0.39, 0.29) is 0 Å². The Kier molecular flexibility index (Phi) is 5.26. The fourth-order valence-electron chi connectivity index (χ4n) is 2.77. The minimum absolute atomic E-state index is 0.560. The number of para-hydroxylation sites is 1. The second-order valence-corrected chi connectivity index (χ2v) is 6.15. The summed E-state index contributed by atoms with van der Waals surface area (Å²) in [5.41, 5.74) is 0.560. The Labute approximate surface area is 117 Å². The summed E-state index contributed by atoms with van der Waals surface area (Å²) in [6.07, 6.45) is 6.63. The average molecular weight is 261 g/mol. The standard InChI is InChI=1S/C17H27NO/c1-15(2)18-14-17(10-6-11-17)12-7-13-19-16-8-4-3-5-9-16/h3-5,8-9,15,18H,6-7,10-14H2,1-2H3. The molecule has 1 aliphatic rings. The Bertz CT molecular complexity index is 357.